The lowest BCUT2D eigenvalue weighted by atomic mass is 9.96. The van der Waals surface area contributed by atoms with Crippen molar-refractivity contribution >= 4 is 11.8 Å². The van der Waals surface area contributed by atoms with E-state index in [4.69, 9.17) is 4.74 Å². The molecule has 0 aliphatic carbocycles. The van der Waals surface area contributed by atoms with Crippen molar-refractivity contribution < 1.29 is 14.3 Å². The Bertz CT molecular complexity index is 969. The normalized spacial score (nSPS) is 21.3. The van der Waals surface area contributed by atoms with Gasteiger partial charge >= 0.3 is 0 Å². The third kappa shape index (κ3) is 4.43. The number of rotatable bonds is 4. The summed E-state index contributed by atoms with van der Waals surface area (Å²) in [5.41, 5.74) is 10.7. The van der Waals surface area contributed by atoms with Gasteiger partial charge in [-0.15, -0.1) is 0 Å². The average molecular weight is 423 g/mol. The quantitative estimate of drug-likeness (QED) is 0.790. The summed E-state index contributed by atoms with van der Waals surface area (Å²) >= 11 is 0. The number of piperazine rings is 1. The van der Waals surface area contributed by atoms with E-state index in [1.54, 1.807) is 24.1 Å². The van der Waals surface area contributed by atoms with Crippen molar-refractivity contribution in [3.05, 3.63) is 64.7 Å². The number of carbonyl (C=O) groups excluding carboxylic acids is 2. The SMILES string of the molecule is COc1ccccc1C(=O)N1CCN(C(=O)C2CC(c3ccc(C)cc3C)NN2)CC1. The average Bonchev–Trinajstić information content (AvgIpc) is 3.28. The van der Waals surface area contributed by atoms with E-state index in [-0.39, 0.29) is 23.9 Å². The zero-order chi connectivity index (χ0) is 22.0. The monoisotopic (exact) mass is 422 g/mol. The first-order chi connectivity index (χ1) is 15.0. The van der Waals surface area contributed by atoms with Crippen LogP contribution in [-0.2, 0) is 4.79 Å². The van der Waals surface area contributed by atoms with E-state index >= 15 is 0 Å². The van der Waals surface area contributed by atoms with Crippen LogP contribution in [0.3, 0.4) is 0 Å². The van der Waals surface area contributed by atoms with Gasteiger partial charge in [-0.1, -0.05) is 35.9 Å². The number of amides is 2. The first kappa shape index (κ1) is 21.3. The fourth-order valence-electron chi connectivity index (χ4n) is 4.48. The molecule has 2 aliphatic rings. The number of para-hydroxylation sites is 1. The van der Waals surface area contributed by atoms with Gasteiger partial charge in [0.25, 0.3) is 5.91 Å². The minimum absolute atomic E-state index is 0.0554. The Labute approximate surface area is 183 Å². The first-order valence-corrected chi connectivity index (χ1v) is 10.8. The van der Waals surface area contributed by atoms with Gasteiger partial charge in [0, 0.05) is 32.2 Å². The van der Waals surface area contributed by atoms with Gasteiger partial charge in [0.05, 0.1) is 12.7 Å². The number of benzene rings is 2. The molecule has 2 aliphatic heterocycles. The van der Waals surface area contributed by atoms with Crippen LogP contribution in [-0.4, -0.2) is 60.9 Å². The predicted molar refractivity (Wildman–Crippen MR) is 119 cm³/mol. The van der Waals surface area contributed by atoms with Crippen molar-refractivity contribution in [2.24, 2.45) is 0 Å². The van der Waals surface area contributed by atoms with Gasteiger partial charge in [0.1, 0.15) is 11.8 Å². The molecule has 0 saturated carbocycles. The number of nitrogens with one attached hydrogen (secondary N) is 2. The van der Waals surface area contributed by atoms with E-state index in [2.05, 4.69) is 42.9 Å². The van der Waals surface area contributed by atoms with E-state index in [0.717, 1.165) is 0 Å². The molecule has 2 atom stereocenters. The molecule has 164 valence electrons. The standard InChI is InChI=1S/C24H30N4O3/c1-16-8-9-18(17(2)14-16)20-15-21(26-25-20)24(30)28-12-10-27(11-13-28)23(29)19-6-4-5-7-22(19)31-3/h4-9,14,20-21,25-26H,10-13,15H2,1-3H3. The van der Waals surface area contributed by atoms with Crippen LogP contribution in [0.1, 0.15) is 39.5 Å². The Morgan fingerprint density at radius 1 is 0.968 bits per heavy atom. The largest absolute Gasteiger partial charge is 0.496 e. The molecule has 2 N–H and O–H groups in total. The minimum atomic E-state index is -0.262. The number of aryl methyl sites for hydroxylation is 2. The smallest absolute Gasteiger partial charge is 0.257 e. The lowest BCUT2D eigenvalue weighted by Gasteiger charge is -2.36. The molecule has 31 heavy (non-hydrogen) atoms. The summed E-state index contributed by atoms with van der Waals surface area (Å²) in [6.45, 7) is 6.30. The molecule has 0 radical (unpaired) electrons. The Morgan fingerprint density at radius 2 is 1.68 bits per heavy atom. The molecule has 0 bridgehead atoms. The number of nitrogens with zero attached hydrogens (tertiary/aromatic N) is 2. The van der Waals surface area contributed by atoms with Crippen LogP contribution < -0.4 is 15.6 Å². The highest BCUT2D eigenvalue weighted by atomic mass is 16.5. The molecule has 0 aromatic heterocycles. The zero-order valence-corrected chi connectivity index (χ0v) is 18.4. The van der Waals surface area contributed by atoms with E-state index in [9.17, 15) is 9.59 Å². The Morgan fingerprint density at radius 3 is 2.39 bits per heavy atom. The lowest BCUT2D eigenvalue weighted by molar-refractivity contribution is -0.134. The van der Waals surface area contributed by atoms with Gasteiger partial charge in [-0.3, -0.25) is 9.59 Å². The van der Waals surface area contributed by atoms with Crippen molar-refractivity contribution in [3.8, 4) is 5.75 Å². The first-order valence-electron chi connectivity index (χ1n) is 10.8. The molecule has 2 heterocycles. The topological polar surface area (TPSA) is 73.9 Å². The van der Waals surface area contributed by atoms with Crippen molar-refractivity contribution in [3.63, 3.8) is 0 Å². The molecule has 7 nitrogen and oxygen atoms in total. The van der Waals surface area contributed by atoms with E-state index < -0.39 is 0 Å². The Balaban J connectivity index is 1.34. The Hall–Kier alpha value is -2.90. The summed E-state index contributed by atoms with van der Waals surface area (Å²) in [4.78, 5) is 29.6. The second-order valence-corrected chi connectivity index (χ2v) is 8.31. The van der Waals surface area contributed by atoms with Crippen LogP contribution in [0.25, 0.3) is 0 Å². The molecule has 2 unspecified atom stereocenters. The number of hydrogen-bond acceptors (Lipinski definition) is 5. The second kappa shape index (κ2) is 9.08. The van der Waals surface area contributed by atoms with Crippen molar-refractivity contribution in [2.45, 2.75) is 32.4 Å². The van der Waals surface area contributed by atoms with Gasteiger partial charge in [-0.25, -0.2) is 10.9 Å². The van der Waals surface area contributed by atoms with E-state index in [1.165, 1.54) is 16.7 Å². The molecule has 2 aromatic rings. The van der Waals surface area contributed by atoms with Crippen molar-refractivity contribution in [1.29, 1.82) is 0 Å². The van der Waals surface area contributed by atoms with Gasteiger partial charge in [-0.2, -0.15) is 0 Å². The van der Waals surface area contributed by atoms with Gasteiger partial charge < -0.3 is 14.5 Å². The second-order valence-electron chi connectivity index (χ2n) is 8.31. The van der Waals surface area contributed by atoms with E-state index in [1.807, 2.05) is 17.0 Å². The number of hydrogen-bond donors (Lipinski definition) is 2. The number of carbonyl (C=O) groups is 2. The number of ether oxygens (including phenoxy) is 1. The highest BCUT2D eigenvalue weighted by Crippen LogP contribution is 2.27. The summed E-state index contributed by atoms with van der Waals surface area (Å²) in [5, 5.41) is 0. The summed E-state index contributed by atoms with van der Waals surface area (Å²) in [5.74, 6) is 0.606. The fourth-order valence-corrected chi connectivity index (χ4v) is 4.48. The van der Waals surface area contributed by atoms with Crippen molar-refractivity contribution in [1.82, 2.24) is 20.7 Å². The third-order valence-corrected chi connectivity index (χ3v) is 6.22. The molecular formula is C24H30N4O3. The highest BCUT2D eigenvalue weighted by Gasteiger charge is 2.35. The molecule has 0 spiro atoms. The minimum Gasteiger partial charge on any atom is -0.496 e. The summed E-state index contributed by atoms with van der Waals surface area (Å²) in [6.07, 6.45) is 0.711. The summed E-state index contributed by atoms with van der Waals surface area (Å²) in [6, 6.07) is 13.5. The maximum Gasteiger partial charge on any atom is 0.257 e. The molecule has 2 aromatic carbocycles. The van der Waals surface area contributed by atoms with Crippen LogP contribution in [0.4, 0.5) is 0 Å². The van der Waals surface area contributed by atoms with E-state index in [0.29, 0.717) is 43.9 Å². The maximum absolute atomic E-state index is 13.1. The van der Waals surface area contributed by atoms with Crippen LogP contribution in [0.2, 0.25) is 0 Å². The van der Waals surface area contributed by atoms with Crippen LogP contribution >= 0.6 is 0 Å². The van der Waals surface area contributed by atoms with Crippen molar-refractivity contribution in [2.75, 3.05) is 33.3 Å². The van der Waals surface area contributed by atoms with Crippen LogP contribution in [0, 0.1) is 13.8 Å². The molecule has 2 saturated heterocycles. The van der Waals surface area contributed by atoms with Gasteiger partial charge in [0.2, 0.25) is 5.91 Å². The molecule has 2 fully saturated rings. The fraction of sp³-hybridized carbons (Fsp3) is 0.417. The molecule has 7 heteroatoms. The van der Waals surface area contributed by atoms with Crippen LogP contribution in [0.15, 0.2) is 42.5 Å². The van der Waals surface area contributed by atoms with Gasteiger partial charge in [-0.05, 0) is 43.5 Å². The molecular weight excluding hydrogens is 392 g/mol. The van der Waals surface area contributed by atoms with Crippen LogP contribution in [0.5, 0.6) is 5.75 Å². The zero-order valence-electron chi connectivity index (χ0n) is 18.4. The lowest BCUT2D eigenvalue weighted by Crippen LogP contribution is -2.54. The van der Waals surface area contributed by atoms with Gasteiger partial charge in [0.15, 0.2) is 0 Å². The molecule has 4 rings (SSSR count). The third-order valence-electron chi connectivity index (χ3n) is 6.22. The predicted octanol–water partition coefficient (Wildman–Crippen LogP) is 2.20. The maximum atomic E-state index is 13.1. The number of hydrazine groups is 1. The molecule has 2 amide bonds. The summed E-state index contributed by atoms with van der Waals surface area (Å²) in [7, 11) is 1.57. The number of methoxy groups -OCH3 is 1. The Kier molecular flexibility index (Phi) is 6.25. The highest BCUT2D eigenvalue weighted by molar-refractivity contribution is 5.97. The summed E-state index contributed by atoms with van der Waals surface area (Å²) < 4.78 is 5.32.